The van der Waals surface area contributed by atoms with E-state index in [1.165, 1.54) is 0 Å². The molecule has 0 radical (unpaired) electrons. The summed E-state index contributed by atoms with van der Waals surface area (Å²) in [4.78, 5) is 27.2. The van der Waals surface area contributed by atoms with Gasteiger partial charge in [0.05, 0.1) is 6.61 Å². The van der Waals surface area contributed by atoms with Crippen molar-refractivity contribution in [1.82, 2.24) is 14.6 Å². The molecule has 1 saturated heterocycles. The first-order valence-electron chi connectivity index (χ1n) is 12.5. The number of ether oxygens (including phenoxy) is 1. The van der Waals surface area contributed by atoms with E-state index in [1.807, 2.05) is 4.98 Å². The highest BCUT2D eigenvalue weighted by molar-refractivity contribution is 5.23. The van der Waals surface area contributed by atoms with Gasteiger partial charge in [0.1, 0.15) is 12.2 Å². The van der Waals surface area contributed by atoms with Crippen LogP contribution in [-0.4, -0.2) is 71.1 Å². The molecular formula is C25H36FN3O8. The van der Waals surface area contributed by atoms with Gasteiger partial charge in [0, 0.05) is 18.2 Å². The van der Waals surface area contributed by atoms with E-state index in [0.29, 0.717) is 23.0 Å². The Bertz CT molecular complexity index is 1130. The molecule has 1 aromatic carbocycles. The molecule has 37 heavy (non-hydrogen) atoms. The summed E-state index contributed by atoms with van der Waals surface area (Å²) in [5.74, 6) is -3.28. The molecule has 12 heteroatoms. The number of benzene rings is 1. The molecule has 1 aromatic heterocycles. The third-order valence-corrected chi connectivity index (χ3v) is 6.73. The molecule has 1 aliphatic rings. The molecule has 0 spiro atoms. The lowest BCUT2D eigenvalue weighted by molar-refractivity contribution is -0.428. The van der Waals surface area contributed by atoms with Crippen LogP contribution in [0, 0.1) is 0 Å². The fraction of sp³-hybridized carbons (Fsp3) is 0.600. The highest BCUT2D eigenvalue weighted by atomic mass is 19.1. The Kier molecular flexibility index (Phi) is 9.75. The number of hydroxylamine groups is 2. The number of aliphatic hydroxyl groups excluding tert-OH is 2. The average molecular weight is 526 g/mol. The molecule has 0 aliphatic carbocycles. The van der Waals surface area contributed by atoms with Crippen LogP contribution in [0.4, 0.5) is 4.39 Å². The largest absolute Gasteiger partial charge is 0.394 e. The number of alkyl halides is 1. The van der Waals surface area contributed by atoms with Gasteiger partial charge in [-0.2, -0.15) is 0 Å². The number of hydrogen-bond donors (Lipinski definition) is 6. The van der Waals surface area contributed by atoms with E-state index < -0.39 is 48.0 Å². The van der Waals surface area contributed by atoms with Crippen molar-refractivity contribution >= 4 is 0 Å². The number of aromatic nitrogens is 2. The van der Waals surface area contributed by atoms with Gasteiger partial charge < -0.3 is 30.4 Å². The number of nitrogens with zero attached hydrogens (tertiary/aromatic N) is 2. The number of rotatable bonds is 13. The fourth-order valence-corrected chi connectivity index (χ4v) is 4.58. The lowest BCUT2D eigenvalue weighted by Crippen LogP contribution is -2.69. The topological polar surface area (TPSA) is 168 Å². The van der Waals surface area contributed by atoms with Crippen LogP contribution in [0.3, 0.4) is 0 Å². The summed E-state index contributed by atoms with van der Waals surface area (Å²) >= 11 is 0. The molecule has 2 aromatic rings. The third kappa shape index (κ3) is 5.85. The maximum atomic E-state index is 15.1. The van der Waals surface area contributed by atoms with Gasteiger partial charge in [-0.1, -0.05) is 69.4 Å². The molecule has 6 N–H and O–H groups in total. The molecular weight excluding hydrogens is 489 g/mol. The smallest absolute Gasteiger partial charge is 0.332 e. The van der Waals surface area contributed by atoms with Gasteiger partial charge in [0.25, 0.3) is 5.56 Å². The van der Waals surface area contributed by atoms with Crippen molar-refractivity contribution in [3.05, 3.63) is 68.5 Å². The van der Waals surface area contributed by atoms with Gasteiger partial charge in [-0.25, -0.2) is 13.8 Å². The second-order valence-electron chi connectivity index (χ2n) is 9.40. The van der Waals surface area contributed by atoms with Crippen molar-refractivity contribution in [3.8, 4) is 0 Å². The number of nitrogens with one attached hydrogen (secondary N) is 1. The van der Waals surface area contributed by atoms with Crippen molar-refractivity contribution < 1.29 is 34.8 Å². The highest BCUT2D eigenvalue weighted by Gasteiger charge is 2.71. The van der Waals surface area contributed by atoms with E-state index in [4.69, 9.17) is 4.74 Å². The zero-order valence-corrected chi connectivity index (χ0v) is 20.8. The minimum atomic E-state index is -3.33. The summed E-state index contributed by atoms with van der Waals surface area (Å²) in [6, 6.07) is 8.70. The highest BCUT2D eigenvalue weighted by Crippen LogP contribution is 2.44. The van der Waals surface area contributed by atoms with Crippen molar-refractivity contribution in [2.75, 3.05) is 6.61 Å². The minimum Gasteiger partial charge on any atom is -0.394 e. The Hall–Kier alpha value is -2.45. The van der Waals surface area contributed by atoms with Crippen LogP contribution in [-0.2, 0) is 17.1 Å². The molecule has 0 saturated carbocycles. The summed E-state index contributed by atoms with van der Waals surface area (Å²) in [7, 11) is 0. The number of H-pyrrole nitrogens is 1. The molecule has 2 heterocycles. The molecule has 1 unspecified atom stereocenters. The molecule has 3 rings (SSSR count). The summed E-state index contributed by atoms with van der Waals surface area (Å²) in [6.07, 6.45) is -0.613. The van der Waals surface area contributed by atoms with Crippen molar-refractivity contribution in [1.29, 1.82) is 0 Å². The number of halogens is 1. The second-order valence-corrected chi connectivity index (χ2v) is 9.40. The maximum absolute atomic E-state index is 15.1. The van der Waals surface area contributed by atoms with Gasteiger partial charge in [-0.05, 0) is 18.4 Å². The number of hydrogen-bond acceptors (Lipinski definition) is 9. The average Bonchev–Trinajstić information content (AvgIpc) is 3.09. The van der Waals surface area contributed by atoms with Crippen LogP contribution in [0.25, 0.3) is 0 Å². The van der Waals surface area contributed by atoms with Crippen molar-refractivity contribution in [3.63, 3.8) is 0 Å². The monoisotopic (exact) mass is 525 g/mol. The molecule has 206 valence electrons. The number of unbranched alkanes of at least 4 members (excludes halogenated alkanes) is 5. The Morgan fingerprint density at radius 3 is 2.43 bits per heavy atom. The Balaban J connectivity index is 1.94. The SMILES string of the molecule is CCCCCCCCC(F)N(O)[C@@]1(O)[C@H](O)[C@@H](CO)O[C@@]1(O)n1cc(Cc2ccccc2)c(=O)[nH]c1=O. The summed E-state index contributed by atoms with van der Waals surface area (Å²) in [5.41, 5.74) is -4.70. The minimum absolute atomic E-state index is 0.0174. The second kappa shape index (κ2) is 12.4. The van der Waals surface area contributed by atoms with E-state index in [0.717, 1.165) is 31.9 Å². The third-order valence-electron chi connectivity index (χ3n) is 6.73. The van der Waals surface area contributed by atoms with Crippen molar-refractivity contribution in [2.45, 2.75) is 88.4 Å². The first-order valence-corrected chi connectivity index (χ1v) is 12.5. The zero-order chi connectivity index (χ0) is 27.2. The summed E-state index contributed by atoms with van der Waals surface area (Å²) in [5, 5.41) is 53.5. The van der Waals surface area contributed by atoms with Gasteiger partial charge >= 0.3 is 11.6 Å². The van der Waals surface area contributed by atoms with Crippen LogP contribution in [0.15, 0.2) is 46.1 Å². The van der Waals surface area contributed by atoms with E-state index in [-0.39, 0.29) is 23.5 Å². The van der Waals surface area contributed by atoms with E-state index >= 15 is 4.39 Å². The van der Waals surface area contributed by atoms with Gasteiger partial charge in [0.2, 0.25) is 5.72 Å². The van der Waals surface area contributed by atoms with Crippen molar-refractivity contribution in [2.24, 2.45) is 0 Å². The summed E-state index contributed by atoms with van der Waals surface area (Å²) in [6.45, 7) is 1.12. The van der Waals surface area contributed by atoms with Crippen LogP contribution < -0.4 is 11.2 Å². The lowest BCUT2D eigenvalue weighted by atomic mass is 9.99. The number of aromatic amines is 1. The standard InChI is InChI=1S/C25H36FN3O8/c1-2-3-4-5-6-10-13-20(26)29(36)24(34)21(31)19(16-30)37-25(24,35)28-15-18(22(32)27-23(28)33)14-17-11-8-7-9-12-17/h7-9,11-12,15,19-21,30-31,34-36H,2-6,10,13-14,16H2,1H3,(H,27,32,33)/t19-,20?,21-,24-,25-/m1/s1. The Morgan fingerprint density at radius 1 is 1.14 bits per heavy atom. The van der Waals surface area contributed by atoms with Gasteiger partial charge in [-0.3, -0.25) is 9.78 Å². The number of aliphatic hydroxyl groups is 4. The van der Waals surface area contributed by atoms with Crippen LogP contribution >= 0.6 is 0 Å². The fourth-order valence-electron chi connectivity index (χ4n) is 4.58. The summed E-state index contributed by atoms with van der Waals surface area (Å²) < 4.78 is 20.7. The van der Waals surface area contributed by atoms with Crippen LogP contribution in [0.5, 0.6) is 0 Å². The first kappa shape index (κ1) is 29.1. The molecule has 11 nitrogen and oxygen atoms in total. The van der Waals surface area contributed by atoms with E-state index in [9.17, 15) is 35.2 Å². The van der Waals surface area contributed by atoms with Gasteiger partial charge in [0.15, 0.2) is 6.30 Å². The molecule has 1 fully saturated rings. The molecule has 0 amide bonds. The first-order chi connectivity index (χ1) is 17.6. The zero-order valence-electron chi connectivity index (χ0n) is 20.8. The quantitative estimate of drug-likeness (QED) is 0.0963. The molecule has 5 atom stereocenters. The normalized spacial score (nSPS) is 26.6. The molecule has 1 aliphatic heterocycles. The Morgan fingerprint density at radius 2 is 1.78 bits per heavy atom. The maximum Gasteiger partial charge on any atom is 0.332 e. The van der Waals surface area contributed by atoms with E-state index in [1.54, 1.807) is 30.3 Å². The predicted octanol–water partition coefficient (Wildman–Crippen LogP) is 0.908. The predicted molar refractivity (Wildman–Crippen MR) is 130 cm³/mol. The van der Waals surface area contributed by atoms with Crippen LogP contribution in [0.1, 0.15) is 63.0 Å². The van der Waals surface area contributed by atoms with Crippen LogP contribution in [0.2, 0.25) is 0 Å². The molecule has 0 bridgehead atoms. The Labute approximate surface area is 213 Å². The van der Waals surface area contributed by atoms with Gasteiger partial charge in [-0.15, -0.1) is 5.06 Å². The van der Waals surface area contributed by atoms with E-state index in [2.05, 4.69) is 6.92 Å². The lowest BCUT2D eigenvalue weighted by Gasteiger charge is -2.43.